The van der Waals surface area contributed by atoms with Gasteiger partial charge in [0, 0.05) is 10.6 Å². The summed E-state index contributed by atoms with van der Waals surface area (Å²) >= 11 is 18.4. The standard InChI is InChI=1S/C18H9Cl3N4O2/c1-27-16-12(20)5-4-10-15(16)23-17-11(7-22)14(24-25(17)18(10)26)9-3-2-8(19)6-13(9)21/h2-6,23H,1H3. The fraction of sp³-hybridized carbons (Fsp3) is 0.0556. The minimum Gasteiger partial charge on any atom is -0.493 e. The summed E-state index contributed by atoms with van der Waals surface area (Å²) in [5, 5.41) is 15.5. The zero-order chi connectivity index (χ0) is 19.3. The third-order valence-corrected chi connectivity index (χ3v) is 5.01. The minimum atomic E-state index is -0.415. The molecular weight excluding hydrogens is 411 g/mol. The Morgan fingerprint density at radius 1 is 1.19 bits per heavy atom. The summed E-state index contributed by atoms with van der Waals surface area (Å²) in [6.07, 6.45) is 0. The molecule has 0 fully saturated rings. The first-order chi connectivity index (χ1) is 13.0. The molecular formula is C18H9Cl3N4O2. The van der Waals surface area contributed by atoms with E-state index in [0.29, 0.717) is 37.3 Å². The molecule has 6 nitrogen and oxygen atoms in total. The van der Waals surface area contributed by atoms with Crippen molar-refractivity contribution in [1.82, 2.24) is 14.6 Å². The molecule has 2 aromatic carbocycles. The number of hydrogen-bond donors (Lipinski definition) is 1. The summed E-state index contributed by atoms with van der Waals surface area (Å²) < 4.78 is 6.44. The van der Waals surface area contributed by atoms with Gasteiger partial charge in [-0.1, -0.05) is 34.8 Å². The first kappa shape index (κ1) is 17.7. The molecule has 0 unspecified atom stereocenters. The number of nitrogens with zero attached hydrogens (tertiary/aromatic N) is 3. The van der Waals surface area contributed by atoms with Crippen molar-refractivity contribution in [2.45, 2.75) is 0 Å². The Morgan fingerprint density at radius 3 is 2.63 bits per heavy atom. The second kappa shape index (κ2) is 6.46. The molecule has 0 atom stereocenters. The van der Waals surface area contributed by atoms with E-state index in [1.54, 1.807) is 30.3 Å². The smallest absolute Gasteiger partial charge is 0.282 e. The summed E-state index contributed by atoms with van der Waals surface area (Å²) in [6, 6.07) is 10.0. The van der Waals surface area contributed by atoms with Crippen molar-refractivity contribution < 1.29 is 4.74 Å². The van der Waals surface area contributed by atoms with Gasteiger partial charge in [0.1, 0.15) is 17.3 Å². The molecule has 4 aromatic rings. The lowest BCUT2D eigenvalue weighted by Gasteiger charge is -2.07. The lowest BCUT2D eigenvalue weighted by atomic mass is 10.1. The maximum absolute atomic E-state index is 12.9. The predicted octanol–water partition coefficient (Wildman–Crippen LogP) is 4.68. The monoisotopic (exact) mass is 418 g/mol. The number of hydrogen-bond acceptors (Lipinski definition) is 4. The van der Waals surface area contributed by atoms with Gasteiger partial charge in [-0.25, -0.2) is 0 Å². The van der Waals surface area contributed by atoms with E-state index in [2.05, 4.69) is 16.2 Å². The van der Waals surface area contributed by atoms with Gasteiger partial charge in [-0.15, -0.1) is 0 Å². The number of nitrogens with one attached hydrogen (secondary N) is 1. The Kier molecular flexibility index (Phi) is 4.23. The lowest BCUT2D eigenvalue weighted by Crippen LogP contribution is -2.15. The summed E-state index contributed by atoms with van der Waals surface area (Å²) in [7, 11) is 1.45. The highest BCUT2D eigenvalue weighted by molar-refractivity contribution is 6.36. The van der Waals surface area contributed by atoms with Crippen molar-refractivity contribution in [2.24, 2.45) is 0 Å². The summed E-state index contributed by atoms with van der Waals surface area (Å²) in [4.78, 5) is 16.0. The van der Waals surface area contributed by atoms with Crippen LogP contribution in [0.2, 0.25) is 15.1 Å². The van der Waals surface area contributed by atoms with Crippen LogP contribution in [0.1, 0.15) is 5.56 Å². The van der Waals surface area contributed by atoms with Gasteiger partial charge in [-0.05, 0) is 30.3 Å². The molecule has 0 saturated heterocycles. The fourth-order valence-corrected chi connectivity index (χ4v) is 3.68. The topological polar surface area (TPSA) is 83.2 Å². The van der Waals surface area contributed by atoms with Gasteiger partial charge in [0.15, 0.2) is 11.4 Å². The van der Waals surface area contributed by atoms with Crippen LogP contribution < -0.4 is 10.3 Å². The molecule has 0 aliphatic heterocycles. The molecule has 9 heteroatoms. The molecule has 2 heterocycles. The quantitative estimate of drug-likeness (QED) is 0.511. The maximum atomic E-state index is 12.9. The van der Waals surface area contributed by atoms with Gasteiger partial charge in [0.25, 0.3) is 5.56 Å². The second-order valence-electron chi connectivity index (χ2n) is 5.65. The van der Waals surface area contributed by atoms with Gasteiger partial charge >= 0.3 is 0 Å². The second-order valence-corrected chi connectivity index (χ2v) is 6.90. The molecule has 27 heavy (non-hydrogen) atoms. The summed E-state index contributed by atoms with van der Waals surface area (Å²) in [5.74, 6) is 0.310. The summed E-state index contributed by atoms with van der Waals surface area (Å²) in [5.41, 5.74) is 1.11. The Bertz CT molecular complexity index is 1330. The minimum absolute atomic E-state index is 0.167. The van der Waals surface area contributed by atoms with Crippen molar-refractivity contribution in [3.63, 3.8) is 0 Å². The highest BCUT2D eigenvalue weighted by atomic mass is 35.5. The summed E-state index contributed by atoms with van der Waals surface area (Å²) in [6.45, 7) is 0. The van der Waals surface area contributed by atoms with Crippen LogP contribution in [0.4, 0.5) is 0 Å². The number of nitriles is 1. The number of aromatic nitrogens is 3. The number of halogens is 3. The number of rotatable bonds is 2. The highest BCUT2D eigenvalue weighted by Crippen LogP contribution is 2.34. The molecule has 0 amide bonds. The van der Waals surface area contributed by atoms with Crippen molar-refractivity contribution in [2.75, 3.05) is 7.11 Å². The van der Waals surface area contributed by atoms with E-state index in [1.807, 2.05) is 0 Å². The average Bonchev–Trinajstić information content (AvgIpc) is 3.00. The molecule has 0 saturated carbocycles. The molecule has 134 valence electrons. The van der Waals surface area contributed by atoms with E-state index in [9.17, 15) is 10.1 Å². The Morgan fingerprint density at radius 2 is 1.96 bits per heavy atom. The number of fused-ring (bicyclic) bond motifs is 2. The molecule has 1 N–H and O–H groups in total. The van der Waals surface area contributed by atoms with Crippen molar-refractivity contribution in [1.29, 1.82) is 5.26 Å². The van der Waals surface area contributed by atoms with Gasteiger partial charge < -0.3 is 9.72 Å². The third kappa shape index (κ3) is 2.63. The molecule has 0 aliphatic carbocycles. The third-order valence-electron chi connectivity index (χ3n) is 4.16. The van der Waals surface area contributed by atoms with E-state index in [0.717, 1.165) is 4.52 Å². The largest absolute Gasteiger partial charge is 0.493 e. The Labute approximate surface area is 167 Å². The zero-order valence-corrected chi connectivity index (χ0v) is 15.9. The first-order valence-corrected chi connectivity index (χ1v) is 8.76. The molecule has 0 bridgehead atoms. The van der Waals surface area contributed by atoms with E-state index in [4.69, 9.17) is 39.5 Å². The van der Waals surface area contributed by atoms with Gasteiger partial charge in [0.2, 0.25) is 0 Å². The Balaban J connectivity index is 2.16. The lowest BCUT2D eigenvalue weighted by molar-refractivity contribution is 0.419. The van der Waals surface area contributed by atoms with Crippen LogP contribution in [0.25, 0.3) is 27.8 Å². The average molecular weight is 420 g/mol. The normalized spacial score (nSPS) is 11.1. The number of benzene rings is 2. The highest BCUT2D eigenvalue weighted by Gasteiger charge is 2.21. The van der Waals surface area contributed by atoms with Crippen molar-refractivity contribution in [3.8, 4) is 23.1 Å². The molecule has 4 rings (SSSR count). The van der Waals surface area contributed by atoms with Crippen LogP contribution >= 0.6 is 34.8 Å². The SMILES string of the molecule is COc1c(Cl)ccc2c(=O)n3nc(-c4ccc(Cl)cc4Cl)c(C#N)c3[nH]c12. The van der Waals surface area contributed by atoms with Gasteiger partial charge in [-0.3, -0.25) is 4.79 Å². The van der Waals surface area contributed by atoms with Crippen LogP contribution in [0.15, 0.2) is 35.1 Å². The fourth-order valence-electron chi connectivity index (χ4n) is 2.95. The number of ether oxygens (including phenoxy) is 1. The molecule has 0 radical (unpaired) electrons. The maximum Gasteiger partial charge on any atom is 0.282 e. The van der Waals surface area contributed by atoms with Crippen LogP contribution in [0.3, 0.4) is 0 Å². The van der Waals surface area contributed by atoms with Gasteiger partial charge in [0.05, 0.1) is 28.1 Å². The van der Waals surface area contributed by atoms with E-state index in [1.165, 1.54) is 7.11 Å². The van der Waals surface area contributed by atoms with Crippen molar-refractivity contribution in [3.05, 3.63) is 61.3 Å². The first-order valence-electron chi connectivity index (χ1n) is 7.63. The van der Waals surface area contributed by atoms with E-state index < -0.39 is 5.56 Å². The van der Waals surface area contributed by atoms with Crippen LogP contribution in [-0.2, 0) is 0 Å². The van der Waals surface area contributed by atoms with Crippen LogP contribution in [-0.4, -0.2) is 21.7 Å². The molecule has 0 aliphatic rings. The van der Waals surface area contributed by atoms with E-state index >= 15 is 0 Å². The molecule has 2 aromatic heterocycles. The predicted molar refractivity (Wildman–Crippen MR) is 105 cm³/mol. The van der Waals surface area contributed by atoms with Gasteiger partial charge in [-0.2, -0.15) is 14.9 Å². The van der Waals surface area contributed by atoms with E-state index in [-0.39, 0.29) is 16.9 Å². The zero-order valence-electron chi connectivity index (χ0n) is 13.7. The Hall–Kier alpha value is -2.72. The number of H-pyrrole nitrogens is 1. The van der Waals surface area contributed by atoms with Crippen LogP contribution in [0.5, 0.6) is 5.75 Å². The van der Waals surface area contributed by atoms with Crippen LogP contribution in [0, 0.1) is 11.3 Å². The number of methoxy groups -OCH3 is 1. The molecule has 0 spiro atoms. The van der Waals surface area contributed by atoms with Crippen molar-refractivity contribution >= 4 is 51.4 Å². The number of aromatic amines is 1.